The van der Waals surface area contributed by atoms with Crippen molar-refractivity contribution in [1.82, 2.24) is 0 Å². The van der Waals surface area contributed by atoms with Gasteiger partial charge < -0.3 is 16.2 Å². The number of rotatable bonds is 3. The fourth-order valence-corrected chi connectivity index (χ4v) is 1.87. The summed E-state index contributed by atoms with van der Waals surface area (Å²) >= 11 is 5.85. The van der Waals surface area contributed by atoms with Gasteiger partial charge in [-0.2, -0.15) is 0 Å². The van der Waals surface area contributed by atoms with Crippen LogP contribution in [0.3, 0.4) is 0 Å². The van der Waals surface area contributed by atoms with Crippen LogP contribution in [0.2, 0.25) is 5.02 Å². The number of para-hydroxylation sites is 1. The minimum atomic E-state index is -0.360. The van der Waals surface area contributed by atoms with E-state index >= 15 is 0 Å². The normalized spacial score (nSPS) is 10.2. The number of carbonyl (C=O) groups is 1. The third-order valence-corrected chi connectivity index (χ3v) is 2.93. The van der Waals surface area contributed by atoms with Crippen molar-refractivity contribution in [3.05, 3.63) is 58.6 Å². The van der Waals surface area contributed by atoms with Gasteiger partial charge in [0, 0.05) is 22.0 Å². The number of nitrogens with one attached hydrogen (secondary N) is 1. The molecule has 0 saturated carbocycles. The van der Waals surface area contributed by atoms with E-state index in [1.165, 1.54) is 6.07 Å². The van der Waals surface area contributed by atoms with E-state index < -0.39 is 0 Å². The summed E-state index contributed by atoms with van der Waals surface area (Å²) < 4.78 is 0. The number of halogens is 1. The molecule has 0 spiro atoms. The molecule has 0 unspecified atom stereocenters. The first kappa shape index (κ1) is 13.4. The number of nitrogen functional groups attached to an aromatic ring is 1. The molecule has 2 rings (SSSR count). The van der Waals surface area contributed by atoms with E-state index in [1.54, 1.807) is 36.4 Å². The molecule has 0 saturated heterocycles. The highest BCUT2D eigenvalue weighted by Crippen LogP contribution is 2.21. The number of anilines is 2. The summed E-state index contributed by atoms with van der Waals surface area (Å²) in [6.45, 7) is -0.151. The minimum Gasteiger partial charge on any atom is -0.398 e. The number of nitrogens with two attached hydrogens (primary N) is 1. The van der Waals surface area contributed by atoms with Gasteiger partial charge in [-0.15, -0.1) is 0 Å². The van der Waals surface area contributed by atoms with Crippen LogP contribution in [0.4, 0.5) is 11.4 Å². The summed E-state index contributed by atoms with van der Waals surface area (Å²) in [5.41, 5.74) is 7.59. The highest BCUT2D eigenvalue weighted by Gasteiger charge is 2.12. The van der Waals surface area contributed by atoms with Crippen molar-refractivity contribution in [2.24, 2.45) is 0 Å². The topological polar surface area (TPSA) is 75.4 Å². The molecule has 5 heteroatoms. The van der Waals surface area contributed by atoms with E-state index in [4.69, 9.17) is 17.3 Å². The predicted octanol–water partition coefficient (Wildman–Crippen LogP) is 2.67. The number of carbonyl (C=O) groups excluding carboxylic acids is 1. The van der Waals surface area contributed by atoms with Crippen LogP contribution >= 0.6 is 11.6 Å². The Bertz CT molecular complexity index is 614. The number of aliphatic hydroxyl groups is 1. The molecule has 4 N–H and O–H groups in total. The van der Waals surface area contributed by atoms with Gasteiger partial charge in [-0.25, -0.2) is 0 Å². The fraction of sp³-hybridized carbons (Fsp3) is 0.0714. The van der Waals surface area contributed by atoms with Crippen molar-refractivity contribution < 1.29 is 9.90 Å². The first-order chi connectivity index (χ1) is 9.11. The van der Waals surface area contributed by atoms with Crippen molar-refractivity contribution in [1.29, 1.82) is 0 Å². The second kappa shape index (κ2) is 5.73. The van der Waals surface area contributed by atoms with Gasteiger partial charge >= 0.3 is 0 Å². The van der Waals surface area contributed by atoms with Crippen LogP contribution in [-0.2, 0) is 6.61 Å². The molecule has 0 atom stereocenters. The summed E-state index contributed by atoms with van der Waals surface area (Å²) in [7, 11) is 0. The predicted molar refractivity (Wildman–Crippen MR) is 76.2 cm³/mol. The molecule has 0 aliphatic carbocycles. The summed E-state index contributed by atoms with van der Waals surface area (Å²) in [5, 5.41) is 12.4. The second-order valence-corrected chi connectivity index (χ2v) is 4.44. The van der Waals surface area contributed by atoms with Crippen LogP contribution in [0, 0.1) is 0 Å². The van der Waals surface area contributed by atoms with Crippen molar-refractivity contribution in [2.75, 3.05) is 11.1 Å². The average Bonchev–Trinajstić information content (AvgIpc) is 2.42. The lowest BCUT2D eigenvalue weighted by Gasteiger charge is -2.10. The number of benzene rings is 2. The van der Waals surface area contributed by atoms with Crippen LogP contribution in [0.1, 0.15) is 15.9 Å². The van der Waals surface area contributed by atoms with E-state index in [2.05, 4.69) is 5.32 Å². The minimum absolute atomic E-state index is 0.151. The molecule has 0 aliphatic heterocycles. The van der Waals surface area contributed by atoms with E-state index in [-0.39, 0.29) is 12.5 Å². The molecule has 4 nitrogen and oxygen atoms in total. The van der Waals surface area contributed by atoms with Gasteiger partial charge in [-0.05, 0) is 24.3 Å². The largest absolute Gasteiger partial charge is 0.398 e. The maximum Gasteiger partial charge on any atom is 0.257 e. The molecule has 0 heterocycles. The second-order valence-electron chi connectivity index (χ2n) is 4.00. The van der Waals surface area contributed by atoms with Gasteiger partial charge in [0.15, 0.2) is 0 Å². The molecule has 98 valence electrons. The van der Waals surface area contributed by atoms with Gasteiger partial charge in [0.25, 0.3) is 5.91 Å². The van der Waals surface area contributed by atoms with E-state index in [0.717, 1.165) is 0 Å². The molecule has 0 aromatic heterocycles. The molecule has 1 amide bonds. The quantitative estimate of drug-likeness (QED) is 0.755. The Kier molecular flexibility index (Phi) is 4.04. The SMILES string of the molecule is Nc1ccc(Cl)cc1C(=O)Nc1ccccc1CO. The van der Waals surface area contributed by atoms with Crippen LogP contribution in [0.25, 0.3) is 0 Å². The first-order valence-electron chi connectivity index (χ1n) is 5.67. The molecular formula is C14H13ClN2O2. The van der Waals surface area contributed by atoms with Crippen LogP contribution in [-0.4, -0.2) is 11.0 Å². The van der Waals surface area contributed by atoms with Crippen LogP contribution in [0.5, 0.6) is 0 Å². The Balaban J connectivity index is 2.28. The molecule has 2 aromatic carbocycles. The number of hydrogen-bond donors (Lipinski definition) is 3. The van der Waals surface area contributed by atoms with Crippen LogP contribution in [0.15, 0.2) is 42.5 Å². The molecule has 0 fully saturated rings. The smallest absolute Gasteiger partial charge is 0.257 e. The zero-order valence-corrected chi connectivity index (χ0v) is 10.8. The Morgan fingerprint density at radius 1 is 1.26 bits per heavy atom. The van der Waals surface area contributed by atoms with Crippen LogP contribution < -0.4 is 11.1 Å². The zero-order valence-electron chi connectivity index (χ0n) is 10.1. The van der Waals surface area contributed by atoms with Crippen molar-refractivity contribution in [2.45, 2.75) is 6.61 Å². The number of amides is 1. The Morgan fingerprint density at radius 3 is 2.74 bits per heavy atom. The third-order valence-electron chi connectivity index (χ3n) is 2.70. The molecule has 0 radical (unpaired) electrons. The van der Waals surface area contributed by atoms with Gasteiger partial charge in [0.05, 0.1) is 12.2 Å². The molecular weight excluding hydrogens is 264 g/mol. The lowest BCUT2D eigenvalue weighted by Crippen LogP contribution is -2.15. The van der Waals surface area contributed by atoms with Gasteiger partial charge in [0.1, 0.15) is 0 Å². The van der Waals surface area contributed by atoms with Gasteiger partial charge in [0.2, 0.25) is 0 Å². The summed E-state index contributed by atoms with van der Waals surface area (Å²) in [4.78, 5) is 12.1. The van der Waals surface area contributed by atoms with Gasteiger partial charge in [-0.3, -0.25) is 4.79 Å². The molecule has 0 bridgehead atoms. The van der Waals surface area contributed by atoms with Crippen molar-refractivity contribution >= 4 is 28.9 Å². The fourth-order valence-electron chi connectivity index (χ4n) is 1.69. The Hall–Kier alpha value is -2.04. The van der Waals surface area contributed by atoms with E-state index in [1.807, 2.05) is 0 Å². The zero-order chi connectivity index (χ0) is 13.8. The number of aliphatic hydroxyl groups excluding tert-OH is 1. The first-order valence-corrected chi connectivity index (χ1v) is 6.04. The maximum absolute atomic E-state index is 12.1. The standard InChI is InChI=1S/C14H13ClN2O2/c15-10-5-6-12(16)11(7-10)14(19)17-13-4-2-1-3-9(13)8-18/h1-7,18H,8,16H2,(H,17,19). The average molecular weight is 277 g/mol. The maximum atomic E-state index is 12.1. The Morgan fingerprint density at radius 2 is 2.00 bits per heavy atom. The summed E-state index contributed by atoms with van der Waals surface area (Å²) in [6.07, 6.45) is 0. The van der Waals surface area contributed by atoms with Crippen molar-refractivity contribution in [3.8, 4) is 0 Å². The summed E-state index contributed by atoms with van der Waals surface area (Å²) in [6, 6.07) is 11.7. The van der Waals surface area contributed by atoms with E-state index in [0.29, 0.717) is 27.5 Å². The van der Waals surface area contributed by atoms with Gasteiger partial charge in [-0.1, -0.05) is 29.8 Å². The highest BCUT2D eigenvalue weighted by molar-refractivity contribution is 6.31. The summed E-state index contributed by atoms with van der Waals surface area (Å²) in [5.74, 6) is -0.360. The highest BCUT2D eigenvalue weighted by atomic mass is 35.5. The molecule has 19 heavy (non-hydrogen) atoms. The molecule has 0 aliphatic rings. The lowest BCUT2D eigenvalue weighted by molar-refractivity contribution is 0.102. The third kappa shape index (κ3) is 3.05. The monoisotopic (exact) mass is 276 g/mol. The lowest BCUT2D eigenvalue weighted by atomic mass is 10.1. The molecule has 2 aromatic rings. The number of hydrogen-bond acceptors (Lipinski definition) is 3. The Labute approximate surface area is 115 Å². The van der Waals surface area contributed by atoms with E-state index in [9.17, 15) is 9.90 Å². The van der Waals surface area contributed by atoms with Crippen molar-refractivity contribution in [3.63, 3.8) is 0 Å².